The predicted molar refractivity (Wildman–Crippen MR) is 164 cm³/mol. The van der Waals surface area contributed by atoms with Gasteiger partial charge in [0.25, 0.3) is 0 Å². The van der Waals surface area contributed by atoms with Crippen LogP contribution >= 0.6 is 11.6 Å². The fourth-order valence-corrected chi connectivity index (χ4v) is 6.34. The van der Waals surface area contributed by atoms with Gasteiger partial charge in [-0.1, -0.05) is 24.6 Å². The molecule has 3 heterocycles. The van der Waals surface area contributed by atoms with E-state index in [4.69, 9.17) is 35.3 Å². The molecule has 3 atom stereocenters. The molecule has 2 aromatic carbocycles. The number of ketones is 2. The van der Waals surface area contributed by atoms with E-state index in [1.165, 1.54) is 20.3 Å². The molecule has 3 aliphatic rings. The van der Waals surface area contributed by atoms with Crippen molar-refractivity contribution in [2.75, 3.05) is 39.4 Å². The highest BCUT2D eigenvalue weighted by molar-refractivity contribution is 6.35. The highest BCUT2D eigenvalue weighted by Crippen LogP contribution is 2.56. The second-order valence-electron chi connectivity index (χ2n) is 11.0. The van der Waals surface area contributed by atoms with Crippen LogP contribution in [0.15, 0.2) is 54.1 Å². The zero-order valence-electron chi connectivity index (χ0n) is 25.2. The Morgan fingerprint density at radius 3 is 2.59 bits per heavy atom. The molecule has 46 heavy (non-hydrogen) atoms. The first-order valence-electron chi connectivity index (χ1n) is 14.5. The van der Waals surface area contributed by atoms with Crippen LogP contribution in [0.5, 0.6) is 28.7 Å². The Kier molecular flexibility index (Phi) is 8.34. The number of carbonyl (C=O) groups excluding carboxylic acids is 3. The van der Waals surface area contributed by atoms with E-state index in [-0.39, 0.29) is 59.6 Å². The maximum atomic E-state index is 14.3. The number of anilines is 1. The average molecular weight is 651 g/mol. The van der Waals surface area contributed by atoms with Gasteiger partial charge in [-0.25, -0.2) is 9.97 Å². The second kappa shape index (κ2) is 12.4. The maximum absolute atomic E-state index is 14.3. The summed E-state index contributed by atoms with van der Waals surface area (Å²) < 4.78 is 28.1. The van der Waals surface area contributed by atoms with Crippen molar-refractivity contribution in [1.29, 1.82) is 0 Å². The highest BCUT2D eigenvalue weighted by Gasteiger charge is 2.61. The summed E-state index contributed by atoms with van der Waals surface area (Å²) in [6.07, 6.45) is 2.80. The van der Waals surface area contributed by atoms with E-state index in [1.807, 2.05) is 0 Å². The topological polar surface area (TPSA) is 167 Å². The summed E-state index contributed by atoms with van der Waals surface area (Å²) in [6.45, 7) is 2.22. The number of aliphatic hydroxyl groups is 1. The molecular formula is C32H31ClN4O9. The van der Waals surface area contributed by atoms with Crippen LogP contribution in [0.4, 0.5) is 5.95 Å². The minimum absolute atomic E-state index is 0.0161. The average Bonchev–Trinajstić information content (AvgIpc) is 3.65. The predicted octanol–water partition coefficient (Wildman–Crippen LogP) is 4.01. The molecular weight excluding hydrogens is 620 g/mol. The number of halogens is 1. The molecule has 6 rings (SSSR count). The van der Waals surface area contributed by atoms with Gasteiger partial charge in [-0.3, -0.25) is 14.4 Å². The van der Waals surface area contributed by atoms with Crippen molar-refractivity contribution in [2.45, 2.75) is 31.3 Å². The largest absolute Gasteiger partial charge is 0.507 e. The first kappa shape index (κ1) is 31.0. The van der Waals surface area contributed by atoms with Gasteiger partial charge in [-0.15, -0.1) is 0 Å². The summed E-state index contributed by atoms with van der Waals surface area (Å²) in [6, 6.07) is 8.16. The van der Waals surface area contributed by atoms with Gasteiger partial charge in [0.05, 0.1) is 14.2 Å². The van der Waals surface area contributed by atoms with Crippen LogP contribution in [0.25, 0.3) is 0 Å². The van der Waals surface area contributed by atoms with Crippen molar-refractivity contribution in [2.24, 2.45) is 5.92 Å². The lowest BCUT2D eigenvalue weighted by Gasteiger charge is -2.38. The van der Waals surface area contributed by atoms with Crippen LogP contribution in [0.3, 0.4) is 0 Å². The van der Waals surface area contributed by atoms with E-state index in [1.54, 1.807) is 43.6 Å². The molecule has 1 aliphatic carbocycles. The molecule has 14 heteroatoms. The van der Waals surface area contributed by atoms with Crippen LogP contribution in [-0.4, -0.2) is 72.3 Å². The molecule has 2 aliphatic heterocycles. The number of carbonyl (C=O) groups is 3. The van der Waals surface area contributed by atoms with Gasteiger partial charge in [0.2, 0.25) is 30.0 Å². The standard InChI is InChI=1S/C32H31ClN4O9/c1-16-11-19(38)25(29(40)32(16)30(41)26-22(42-2)14-23(43-3)27(33)28(26)46-32)18(17-5-6-20-21(12-17)45-15-44-20)13-24(39)34-9-10-37-31-35-7-4-8-36-31/h4-8,12,14,16,18,40H,9-11,13,15H2,1-3H3,(H,34,39)(H,35,36,37). The number of aromatic nitrogens is 2. The number of fused-ring (bicyclic) bond motifs is 2. The van der Waals surface area contributed by atoms with E-state index in [9.17, 15) is 19.5 Å². The first-order chi connectivity index (χ1) is 22.2. The Morgan fingerprint density at radius 2 is 1.85 bits per heavy atom. The third kappa shape index (κ3) is 5.19. The van der Waals surface area contributed by atoms with Gasteiger partial charge >= 0.3 is 0 Å². The number of Topliss-reactive ketones (excluding diaryl/α,β-unsaturated/α-hetero) is 2. The highest BCUT2D eigenvalue weighted by atomic mass is 35.5. The van der Waals surface area contributed by atoms with Gasteiger partial charge in [0, 0.05) is 61.8 Å². The number of ether oxygens (including phenoxy) is 5. The van der Waals surface area contributed by atoms with E-state index in [0.717, 1.165) is 0 Å². The lowest BCUT2D eigenvalue weighted by Crippen LogP contribution is -2.53. The molecule has 3 unspecified atom stereocenters. The lowest BCUT2D eigenvalue weighted by atomic mass is 9.69. The Hall–Kier alpha value is -5.04. The van der Waals surface area contributed by atoms with Crippen LogP contribution < -0.4 is 34.3 Å². The fraction of sp³-hybridized carbons (Fsp3) is 0.344. The van der Waals surface area contributed by atoms with E-state index >= 15 is 0 Å². The number of aliphatic hydroxyl groups excluding tert-OH is 1. The quantitative estimate of drug-likeness (QED) is 0.270. The van der Waals surface area contributed by atoms with E-state index in [0.29, 0.717) is 29.6 Å². The van der Waals surface area contributed by atoms with E-state index in [2.05, 4.69) is 20.6 Å². The van der Waals surface area contributed by atoms with Crippen LogP contribution in [0.2, 0.25) is 5.02 Å². The van der Waals surface area contributed by atoms with Crippen LogP contribution in [0, 0.1) is 5.92 Å². The number of rotatable bonds is 10. The molecule has 13 nitrogen and oxygen atoms in total. The lowest BCUT2D eigenvalue weighted by molar-refractivity contribution is -0.121. The zero-order chi connectivity index (χ0) is 32.6. The zero-order valence-corrected chi connectivity index (χ0v) is 26.0. The number of hydrogen-bond acceptors (Lipinski definition) is 12. The Balaban J connectivity index is 1.37. The third-order valence-corrected chi connectivity index (χ3v) is 8.70. The van der Waals surface area contributed by atoms with Gasteiger partial charge in [-0.2, -0.15) is 0 Å². The molecule has 3 N–H and O–H groups in total. The number of hydrogen-bond donors (Lipinski definition) is 3. The van der Waals surface area contributed by atoms with Crippen molar-refractivity contribution in [3.63, 3.8) is 0 Å². The molecule has 1 aromatic heterocycles. The summed E-state index contributed by atoms with van der Waals surface area (Å²) in [5.74, 6) is -2.19. The summed E-state index contributed by atoms with van der Waals surface area (Å²) in [7, 11) is 2.79. The molecule has 3 aromatic rings. The molecule has 240 valence electrons. The molecule has 1 amide bonds. The monoisotopic (exact) mass is 650 g/mol. The fourth-order valence-electron chi connectivity index (χ4n) is 6.08. The SMILES string of the molecule is COc1cc(OC)c2c(c1Cl)OC1(C2=O)C(O)=C(C(CC(=O)NCCNc2ncccn2)c2ccc3c(c2)OCO3)C(=O)CC1C. The molecule has 0 bridgehead atoms. The smallest absolute Gasteiger partial charge is 0.231 e. The Labute approximate surface area is 268 Å². The third-order valence-electron chi connectivity index (χ3n) is 8.34. The van der Waals surface area contributed by atoms with Gasteiger partial charge in [-0.05, 0) is 23.8 Å². The summed E-state index contributed by atoms with van der Waals surface area (Å²) in [5.41, 5.74) is -1.60. The molecule has 0 saturated heterocycles. The first-order valence-corrected chi connectivity index (χ1v) is 14.9. The molecule has 0 fully saturated rings. The summed E-state index contributed by atoms with van der Waals surface area (Å²) in [5, 5.41) is 17.9. The number of benzene rings is 2. The maximum Gasteiger partial charge on any atom is 0.231 e. The molecule has 1 spiro atoms. The Morgan fingerprint density at radius 1 is 1.11 bits per heavy atom. The van der Waals surface area contributed by atoms with E-state index < -0.39 is 40.7 Å². The van der Waals surface area contributed by atoms with Gasteiger partial charge in [0.1, 0.15) is 22.1 Å². The Bertz CT molecular complexity index is 1750. The second-order valence-corrected chi connectivity index (χ2v) is 11.4. The number of amides is 1. The van der Waals surface area contributed by atoms with Crippen molar-refractivity contribution in [3.05, 3.63) is 70.2 Å². The summed E-state index contributed by atoms with van der Waals surface area (Å²) in [4.78, 5) is 49.6. The van der Waals surface area contributed by atoms with Crippen LogP contribution in [-0.2, 0) is 9.59 Å². The van der Waals surface area contributed by atoms with Gasteiger partial charge in [0.15, 0.2) is 28.8 Å². The van der Waals surface area contributed by atoms with Crippen LogP contribution in [0.1, 0.15) is 41.6 Å². The number of nitrogens with one attached hydrogen (secondary N) is 2. The minimum atomic E-state index is -2.00. The van der Waals surface area contributed by atoms with Crippen molar-refractivity contribution < 1.29 is 43.2 Å². The van der Waals surface area contributed by atoms with Crippen molar-refractivity contribution in [1.82, 2.24) is 15.3 Å². The van der Waals surface area contributed by atoms with Crippen molar-refractivity contribution >= 4 is 35.0 Å². The molecule has 0 saturated carbocycles. The normalized spacial score (nSPS) is 20.3. The number of allylic oxidation sites excluding steroid dienone is 1. The van der Waals surface area contributed by atoms with Crippen molar-refractivity contribution in [3.8, 4) is 28.7 Å². The minimum Gasteiger partial charge on any atom is -0.507 e. The summed E-state index contributed by atoms with van der Waals surface area (Å²) >= 11 is 6.58. The number of methoxy groups -OCH3 is 2. The molecule has 0 radical (unpaired) electrons. The van der Waals surface area contributed by atoms with Gasteiger partial charge < -0.3 is 39.4 Å². The number of nitrogens with zero attached hydrogens (tertiary/aromatic N) is 2.